The summed E-state index contributed by atoms with van der Waals surface area (Å²) in [6, 6.07) is -0.728. The van der Waals surface area contributed by atoms with Crippen LogP contribution in [-0.2, 0) is 9.53 Å². The molecule has 1 rings (SSSR count). The zero-order valence-corrected chi connectivity index (χ0v) is 13.2. The van der Waals surface area contributed by atoms with E-state index in [9.17, 15) is 19.5 Å². The van der Waals surface area contributed by atoms with Crippen LogP contribution in [0.3, 0.4) is 0 Å². The summed E-state index contributed by atoms with van der Waals surface area (Å²) in [4.78, 5) is 34.3. The molecule has 0 bridgehead atoms. The van der Waals surface area contributed by atoms with Crippen LogP contribution in [0.15, 0.2) is 5.38 Å². The van der Waals surface area contributed by atoms with E-state index in [0.29, 0.717) is 10.6 Å². The molecule has 9 heteroatoms. The Hall–Kier alpha value is -2.13. The highest BCUT2D eigenvalue weighted by molar-refractivity contribution is 7.15. The molecular formula is C13H18N2O6S. The molecule has 1 aromatic rings. The number of carboxylic acids is 1. The number of rotatable bonds is 6. The predicted octanol–water partition coefficient (Wildman–Crippen LogP) is 1.19. The van der Waals surface area contributed by atoms with Crippen LogP contribution in [0.2, 0.25) is 0 Å². The smallest absolute Gasteiger partial charge is 0.341 e. The fourth-order valence-corrected chi connectivity index (χ4v) is 2.39. The van der Waals surface area contributed by atoms with E-state index in [4.69, 9.17) is 9.84 Å². The minimum absolute atomic E-state index is 0.210. The summed E-state index contributed by atoms with van der Waals surface area (Å²) in [7, 11) is 0. The van der Waals surface area contributed by atoms with Gasteiger partial charge >= 0.3 is 18.0 Å². The Labute approximate surface area is 131 Å². The number of hydrogen-bond acceptors (Lipinski definition) is 6. The van der Waals surface area contributed by atoms with Crippen molar-refractivity contribution < 1.29 is 29.3 Å². The zero-order valence-electron chi connectivity index (χ0n) is 12.4. The van der Waals surface area contributed by atoms with E-state index in [0.717, 1.165) is 18.3 Å². The number of thiophene rings is 1. The SMILES string of the molecule is CCOC(=O)c1c(C)csc1NC(=O)NCC(C)(O)C(=O)O. The molecule has 122 valence electrons. The summed E-state index contributed by atoms with van der Waals surface area (Å²) >= 11 is 1.15. The molecule has 0 spiro atoms. The number of aliphatic hydroxyl groups is 1. The second-order valence-corrected chi connectivity index (χ2v) is 5.61. The lowest BCUT2D eigenvalue weighted by Gasteiger charge is -2.18. The highest BCUT2D eigenvalue weighted by Gasteiger charge is 2.30. The van der Waals surface area contributed by atoms with E-state index in [1.165, 1.54) is 0 Å². The van der Waals surface area contributed by atoms with Crippen molar-refractivity contribution in [3.05, 3.63) is 16.5 Å². The predicted molar refractivity (Wildman–Crippen MR) is 80.3 cm³/mol. The van der Waals surface area contributed by atoms with Crippen molar-refractivity contribution in [1.82, 2.24) is 5.32 Å². The lowest BCUT2D eigenvalue weighted by atomic mass is 10.1. The van der Waals surface area contributed by atoms with Crippen molar-refractivity contribution in [3.63, 3.8) is 0 Å². The third kappa shape index (κ3) is 4.43. The largest absolute Gasteiger partial charge is 0.479 e. The maximum Gasteiger partial charge on any atom is 0.341 e. The number of aryl methyl sites for hydroxylation is 1. The van der Waals surface area contributed by atoms with Gasteiger partial charge in [0.1, 0.15) is 5.00 Å². The van der Waals surface area contributed by atoms with Gasteiger partial charge in [0, 0.05) is 0 Å². The Balaban J connectivity index is 2.74. The lowest BCUT2D eigenvalue weighted by molar-refractivity contribution is -0.155. The van der Waals surface area contributed by atoms with E-state index in [1.54, 1.807) is 19.2 Å². The second-order valence-electron chi connectivity index (χ2n) is 4.73. The van der Waals surface area contributed by atoms with Crippen LogP contribution in [0, 0.1) is 6.92 Å². The summed E-state index contributed by atoms with van der Waals surface area (Å²) in [6.45, 7) is 4.18. The Bertz CT molecular complexity index is 581. The van der Waals surface area contributed by atoms with Crippen molar-refractivity contribution in [1.29, 1.82) is 0 Å². The van der Waals surface area contributed by atoms with E-state index in [2.05, 4.69) is 10.6 Å². The summed E-state index contributed by atoms with van der Waals surface area (Å²) in [5, 5.41) is 24.9. The number of nitrogens with one attached hydrogen (secondary N) is 2. The van der Waals surface area contributed by atoms with Crippen LogP contribution in [0.5, 0.6) is 0 Å². The zero-order chi connectivity index (χ0) is 16.9. The third-order valence-electron chi connectivity index (χ3n) is 2.74. The van der Waals surface area contributed by atoms with Crippen LogP contribution < -0.4 is 10.6 Å². The summed E-state index contributed by atoms with van der Waals surface area (Å²) in [6.07, 6.45) is 0. The number of urea groups is 1. The Morgan fingerprint density at radius 2 is 2.05 bits per heavy atom. The van der Waals surface area contributed by atoms with Gasteiger partial charge in [0.05, 0.1) is 18.7 Å². The fraction of sp³-hybridized carbons (Fsp3) is 0.462. The minimum Gasteiger partial charge on any atom is -0.479 e. The first-order valence-corrected chi connectivity index (χ1v) is 7.32. The van der Waals surface area contributed by atoms with Crippen molar-refractivity contribution in [3.8, 4) is 0 Å². The average Bonchev–Trinajstić information content (AvgIpc) is 2.77. The molecule has 0 aliphatic rings. The molecule has 1 aromatic heterocycles. The van der Waals surface area contributed by atoms with E-state index >= 15 is 0 Å². The number of ether oxygens (including phenoxy) is 1. The van der Waals surface area contributed by atoms with Crippen molar-refractivity contribution >= 4 is 34.3 Å². The van der Waals surface area contributed by atoms with Gasteiger partial charge in [-0.2, -0.15) is 0 Å². The van der Waals surface area contributed by atoms with Gasteiger partial charge in [-0.1, -0.05) is 0 Å². The number of aliphatic carboxylic acids is 1. The van der Waals surface area contributed by atoms with Gasteiger partial charge < -0.3 is 20.3 Å². The number of hydrogen-bond donors (Lipinski definition) is 4. The molecule has 4 N–H and O–H groups in total. The minimum atomic E-state index is -2.08. The molecule has 22 heavy (non-hydrogen) atoms. The molecule has 0 saturated carbocycles. The van der Waals surface area contributed by atoms with E-state index in [-0.39, 0.29) is 12.2 Å². The maximum absolute atomic E-state index is 11.8. The topological polar surface area (TPSA) is 125 Å². The molecule has 1 atom stereocenters. The van der Waals surface area contributed by atoms with Gasteiger partial charge in [0.2, 0.25) is 0 Å². The van der Waals surface area contributed by atoms with Crippen molar-refractivity contribution in [2.75, 3.05) is 18.5 Å². The summed E-state index contributed by atoms with van der Waals surface area (Å²) < 4.78 is 4.91. The van der Waals surface area contributed by atoms with Gasteiger partial charge in [0.15, 0.2) is 5.60 Å². The number of carbonyl (C=O) groups is 3. The summed E-state index contributed by atoms with van der Waals surface area (Å²) in [5.74, 6) is -2.00. The molecule has 1 heterocycles. The molecule has 1 unspecified atom stereocenters. The molecule has 2 amide bonds. The number of carboxylic acid groups (broad SMARTS) is 1. The number of amides is 2. The van der Waals surface area contributed by atoms with Crippen LogP contribution in [0.25, 0.3) is 0 Å². The van der Waals surface area contributed by atoms with Crippen LogP contribution in [-0.4, -0.2) is 46.9 Å². The van der Waals surface area contributed by atoms with Crippen molar-refractivity contribution in [2.45, 2.75) is 26.4 Å². The van der Waals surface area contributed by atoms with E-state index in [1.807, 2.05) is 0 Å². The van der Waals surface area contributed by atoms with Crippen molar-refractivity contribution in [2.24, 2.45) is 0 Å². The molecule has 0 saturated heterocycles. The molecular weight excluding hydrogens is 312 g/mol. The summed E-state index contributed by atoms with van der Waals surface area (Å²) in [5.41, 5.74) is -1.16. The highest BCUT2D eigenvalue weighted by atomic mass is 32.1. The third-order valence-corrected chi connectivity index (χ3v) is 3.75. The fourth-order valence-electron chi connectivity index (χ4n) is 1.47. The number of esters is 1. The first kappa shape index (κ1) is 17.9. The molecule has 0 aromatic carbocycles. The van der Waals surface area contributed by atoms with E-state index < -0.39 is 30.1 Å². The molecule has 0 aliphatic heterocycles. The lowest BCUT2D eigenvalue weighted by Crippen LogP contribution is -2.47. The Kier molecular flexibility index (Phi) is 5.89. The second kappa shape index (κ2) is 7.23. The van der Waals surface area contributed by atoms with Gasteiger partial charge in [-0.05, 0) is 31.7 Å². The van der Waals surface area contributed by atoms with Crippen LogP contribution in [0.4, 0.5) is 9.80 Å². The van der Waals surface area contributed by atoms with Gasteiger partial charge in [0.25, 0.3) is 0 Å². The molecule has 0 fully saturated rings. The standard InChI is InChI=1S/C13H18N2O6S/c1-4-21-10(16)8-7(2)5-22-9(8)15-12(19)14-6-13(3,20)11(17)18/h5,20H,4,6H2,1-3H3,(H,17,18)(H2,14,15,19). The quantitative estimate of drug-likeness (QED) is 0.581. The average molecular weight is 330 g/mol. The van der Waals surface area contributed by atoms with Crippen LogP contribution >= 0.6 is 11.3 Å². The van der Waals surface area contributed by atoms with Gasteiger partial charge in [-0.25, -0.2) is 14.4 Å². The Morgan fingerprint density at radius 3 is 2.59 bits per heavy atom. The van der Waals surface area contributed by atoms with Gasteiger partial charge in [-0.3, -0.25) is 5.32 Å². The molecule has 8 nitrogen and oxygen atoms in total. The first-order chi connectivity index (χ1) is 10.2. The Morgan fingerprint density at radius 1 is 1.41 bits per heavy atom. The normalized spacial score (nSPS) is 13.1. The number of anilines is 1. The highest BCUT2D eigenvalue weighted by Crippen LogP contribution is 2.28. The maximum atomic E-state index is 11.8. The number of carbonyl (C=O) groups excluding carboxylic acids is 2. The monoisotopic (exact) mass is 330 g/mol. The first-order valence-electron chi connectivity index (χ1n) is 6.45. The van der Waals surface area contributed by atoms with Gasteiger partial charge in [-0.15, -0.1) is 11.3 Å². The molecule has 0 radical (unpaired) electrons. The molecule has 0 aliphatic carbocycles. The van der Waals surface area contributed by atoms with Crippen LogP contribution in [0.1, 0.15) is 29.8 Å².